The molecular formula is C16H25ClN4O. The van der Waals surface area contributed by atoms with Gasteiger partial charge >= 0.3 is 6.03 Å². The Kier molecular flexibility index (Phi) is 6.96. The fraction of sp³-hybridized carbons (Fsp3) is 0.562. The van der Waals surface area contributed by atoms with E-state index in [0.29, 0.717) is 11.6 Å². The molecule has 0 aliphatic carbocycles. The Labute approximate surface area is 137 Å². The molecule has 0 spiro atoms. The number of benzene rings is 1. The molecule has 22 heavy (non-hydrogen) atoms. The van der Waals surface area contributed by atoms with Crippen LogP contribution in [0.4, 0.5) is 10.5 Å². The van der Waals surface area contributed by atoms with E-state index in [1.807, 2.05) is 0 Å². The lowest BCUT2D eigenvalue weighted by molar-refractivity contribution is 0.136. The number of amides is 2. The Balaban J connectivity index is 1.56. The highest BCUT2D eigenvalue weighted by molar-refractivity contribution is 6.30. The molecule has 0 bridgehead atoms. The monoisotopic (exact) mass is 324 g/mol. The van der Waals surface area contributed by atoms with Gasteiger partial charge in [0, 0.05) is 43.4 Å². The summed E-state index contributed by atoms with van der Waals surface area (Å²) in [5.41, 5.74) is 0.748. The number of carbonyl (C=O) groups is 1. The quantitative estimate of drug-likeness (QED) is 0.790. The molecule has 0 unspecified atom stereocenters. The molecule has 6 heteroatoms. The fourth-order valence-corrected chi connectivity index (χ4v) is 2.67. The van der Waals surface area contributed by atoms with E-state index >= 15 is 0 Å². The third-order valence-corrected chi connectivity index (χ3v) is 4.20. The molecule has 0 atom stereocenters. The number of urea groups is 1. The summed E-state index contributed by atoms with van der Waals surface area (Å²) in [6.45, 7) is 9.64. The minimum absolute atomic E-state index is 0.168. The first kappa shape index (κ1) is 17.1. The minimum Gasteiger partial charge on any atom is -0.338 e. The maximum absolute atomic E-state index is 11.8. The third-order valence-electron chi connectivity index (χ3n) is 3.95. The van der Waals surface area contributed by atoms with Gasteiger partial charge in [-0.05, 0) is 43.8 Å². The van der Waals surface area contributed by atoms with Crippen molar-refractivity contribution in [3.63, 3.8) is 0 Å². The number of nitrogens with one attached hydrogen (secondary N) is 2. The summed E-state index contributed by atoms with van der Waals surface area (Å²) in [4.78, 5) is 16.7. The highest BCUT2D eigenvalue weighted by atomic mass is 35.5. The van der Waals surface area contributed by atoms with Crippen molar-refractivity contribution in [3.05, 3.63) is 29.3 Å². The first-order valence-electron chi connectivity index (χ1n) is 7.92. The van der Waals surface area contributed by atoms with E-state index in [9.17, 15) is 4.79 Å². The standard InChI is InChI=1S/C16H25ClN4O/c1-2-20-10-12-21(13-11-20)9-3-8-18-16(22)19-15-6-4-14(17)5-7-15/h4-7H,2-3,8-13H2,1H3,(H2,18,19,22). The minimum atomic E-state index is -0.168. The van der Waals surface area contributed by atoms with Crippen LogP contribution in [0.25, 0.3) is 0 Å². The largest absolute Gasteiger partial charge is 0.338 e. The van der Waals surface area contributed by atoms with Crippen LogP contribution >= 0.6 is 11.6 Å². The molecule has 1 aliphatic rings. The van der Waals surface area contributed by atoms with Crippen LogP contribution in [0.3, 0.4) is 0 Å². The van der Waals surface area contributed by atoms with Crippen molar-refractivity contribution in [2.75, 3.05) is 51.1 Å². The topological polar surface area (TPSA) is 47.6 Å². The molecule has 1 aromatic carbocycles. The van der Waals surface area contributed by atoms with Gasteiger partial charge in [0.2, 0.25) is 0 Å². The third kappa shape index (κ3) is 5.83. The van der Waals surface area contributed by atoms with Crippen molar-refractivity contribution in [2.24, 2.45) is 0 Å². The van der Waals surface area contributed by atoms with Gasteiger partial charge < -0.3 is 20.4 Å². The van der Waals surface area contributed by atoms with Gasteiger partial charge in [-0.15, -0.1) is 0 Å². The van der Waals surface area contributed by atoms with Crippen LogP contribution in [0.2, 0.25) is 5.02 Å². The molecule has 2 N–H and O–H groups in total. The van der Waals surface area contributed by atoms with Gasteiger partial charge in [-0.25, -0.2) is 4.79 Å². The molecule has 1 saturated heterocycles. The number of hydrogen-bond acceptors (Lipinski definition) is 3. The Morgan fingerprint density at radius 2 is 1.77 bits per heavy atom. The average molecular weight is 325 g/mol. The molecule has 5 nitrogen and oxygen atoms in total. The Morgan fingerprint density at radius 1 is 1.14 bits per heavy atom. The molecule has 1 aliphatic heterocycles. The highest BCUT2D eigenvalue weighted by Gasteiger charge is 2.14. The second-order valence-corrected chi connectivity index (χ2v) is 5.95. The Hall–Kier alpha value is -1.30. The molecule has 0 radical (unpaired) electrons. The Morgan fingerprint density at radius 3 is 2.41 bits per heavy atom. The van der Waals surface area contributed by atoms with Crippen LogP contribution in [-0.4, -0.2) is 61.6 Å². The zero-order chi connectivity index (χ0) is 15.8. The van der Waals surface area contributed by atoms with E-state index in [1.165, 1.54) is 0 Å². The van der Waals surface area contributed by atoms with Gasteiger partial charge in [0.05, 0.1) is 0 Å². The summed E-state index contributed by atoms with van der Waals surface area (Å²) in [5, 5.41) is 6.34. The predicted octanol–water partition coefficient (Wildman–Crippen LogP) is 2.49. The number of anilines is 1. The van der Waals surface area contributed by atoms with Crippen LogP contribution in [0.5, 0.6) is 0 Å². The van der Waals surface area contributed by atoms with E-state index in [0.717, 1.165) is 51.4 Å². The summed E-state index contributed by atoms with van der Waals surface area (Å²) in [6, 6.07) is 6.92. The lowest BCUT2D eigenvalue weighted by Crippen LogP contribution is -2.46. The first-order chi connectivity index (χ1) is 10.7. The van der Waals surface area contributed by atoms with Crippen molar-refractivity contribution in [1.29, 1.82) is 0 Å². The van der Waals surface area contributed by atoms with Crippen molar-refractivity contribution >= 4 is 23.3 Å². The van der Waals surface area contributed by atoms with E-state index in [1.54, 1.807) is 24.3 Å². The summed E-state index contributed by atoms with van der Waals surface area (Å²) in [7, 11) is 0. The lowest BCUT2D eigenvalue weighted by atomic mass is 10.3. The molecule has 2 amide bonds. The molecule has 2 rings (SSSR count). The van der Waals surface area contributed by atoms with Gasteiger partial charge in [-0.3, -0.25) is 0 Å². The van der Waals surface area contributed by atoms with Crippen LogP contribution in [0, 0.1) is 0 Å². The average Bonchev–Trinajstić information content (AvgIpc) is 2.54. The molecular weight excluding hydrogens is 300 g/mol. The maximum Gasteiger partial charge on any atom is 0.319 e. The maximum atomic E-state index is 11.8. The number of rotatable bonds is 6. The molecule has 1 heterocycles. The van der Waals surface area contributed by atoms with Gasteiger partial charge in [-0.2, -0.15) is 0 Å². The number of likely N-dealkylation sites (N-methyl/N-ethyl adjacent to an activating group) is 1. The molecule has 1 aromatic rings. The number of halogens is 1. The van der Waals surface area contributed by atoms with Crippen LogP contribution in [0.1, 0.15) is 13.3 Å². The predicted molar refractivity (Wildman–Crippen MR) is 91.6 cm³/mol. The molecule has 0 aromatic heterocycles. The summed E-state index contributed by atoms with van der Waals surface area (Å²) in [6.07, 6.45) is 0.972. The molecule has 122 valence electrons. The smallest absolute Gasteiger partial charge is 0.319 e. The van der Waals surface area contributed by atoms with Gasteiger partial charge in [0.15, 0.2) is 0 Å². The number of hydrogen-bond donors (Lipinski definition) is 2. The number of piperazine rings is 1. The van der Waals surface area contributed by atoms with E-state index in [2.05, 4.69) is 27.4 Å². The van der Waals surface area contributed by atoms with Crippen molar-refractivity contribution < 1.29 is 4.79 Å². The fourth-order valence-electron chi connectivity index (χ4n) is 2.54. The van der Waals surface area contributed by atoms with E-state index in [-0.39, 0.29) is 6.03 Å². The summed E-state index contributed by atoms with van der Waals surface area (Å²) in [5.74, 6) is 0. The van der Waals surface area contributed by atoms with E-state index in [4.69, 9.17) is 11.6 Å². The molecule has 0 saturated carbocycles. The van der Waals surface area contributed by atoms with Crippen molar-refractivity contribution in [2.45, 2.75) is 13.3 Å². The van der Waals surface area contributed by atoms with E-state index < -0.39 is 0 Å². The lowest BCUT2D eigenvalue weighted by Gasteiger charge is -2.33. The second kappa shape index (κ2) is 8.98. The summed E-state index contributed by atoms with van der Waals surface area (Å²) >= 11 is 5.81. The first-order valence-corrected chi connectivity index (χ1v) is 8.30. The van der Waals surface area contributed by atoms with Crippen molar-refractivity contribution in [3.8, 4) is 0 Å². The second-order valence-electron chi connectivity index (χ2n) is 5.52. The Bertz CT molecular complexity index is 458. The van der Waals surface area contributed by atoms with Crippen LogP contribution < -0.4 is 10.6 Å². The molecule has 1 fully saturated rings. The number of nitrogens with zero attached hydrogens (tertiary/aromatic N) is 2. The van der Waals surface area contributed by atoms with Crippen LogP contribution in [0.15, 0.2) is 24.3 Å². The van der Waals surface area contributed by atoms with Crippen LogP contribution in [-0.2, 0) is 0 Å². The number of carbonyl (C=O) groups excluding carboxylic acids is 1. The summed E-state index contributed by atoms with van der Waals surface area (Å²) < 4.78 is 0. The van der Waals surface area contributed by atoms with Gasteiger partial charge in [0.1, 0.15) is 0 Å². The SMILES string of the molecule is CCN1CCN(CCCNC(=O)Nc2ccc(Cl)cc2)CC1. The zero-order valence-corrected chi connectivity index (χ0v) is 13.9. The normalized spacial score (nSPS) is 16.5. The highest BCUT2D eigenvalue weighted by Crippen LogP contribution is 2.13. The van der Waals surface area contributed by atoms with Crippen molar-refractivity contribution in [1.82, 2.24) is 15.1 Å². The van der Waals surface area contributed by atoms with Gasteiger partial charge in [-0.1, -0.05) is 18.5 Å². The zero-order valence-electron chi connectivity index (χ0n) is 13.1. The van der Waals surface area contributed by atoms with Gasteiger partial charge in [0.25, 0.3) is 0 Å².